The van der Waals surface area contributed by atoms with Gasteiger partial charge in [-0.05, 0) is 28.3 Å². The third-order valence-electron chi connectivity index (χ3n) is 4.72. The lowest BCUT2D eigenvalue weighted by Gasteiger charge is -2.41. The van der Waals surface area contributed by atoms with E-state index in [1.54, 1.807) is 0 Å². The van der Waals surface area contributed by atoms with Crippen molar-refractivity contribution in [1.29, 1.82) is 0 Å². The zero-order chi connectivity index (χ0) is 17.8. The van der Waals surface area contributed by atoms with Crippen molar-refractivity contribution in [3.8, 4) is 0 Å². The number of hydrogen-bond donors (Lipinski definition) is 2. The summed E-state index contributed by atoms with van der Waals surface area (Å²) in [6.07, 6.45) is 0.919. The van der Waals surface area contributed by atoms with Crippen LogP contribution in [0, 0.1) is 0 Å². The Labute approximate surface area is 144 Å². The van der Waals surface area contributed by atoms with Crippen LogP contribution in [0.15, 0.2) is 72.8 Å². The van der Waals surface area contributed by atoms with Gasteiger partial charge < -0.3 is 9.90 Å². The molecule has 2 rings (SSSR count). The number of hydrogen-bond acceptors (Lipinski definition) is 2. The molecule has 4 heteroatoms. The molecule has 2 N–H and O–H groups in total. The molecule has 0 aromatic heterocycles. The average Bonchev–Trinajstić information content (AvgIpc) is 2.60. The van der Waals surface area contributed by atoms with Crippen molar-refractivity contribution in [2.45, 2.75) is 31.7 Å². The molecule has 0 fully saturated rings. The molecule has 0 unspecified atom stereocenters. The Hall–Kier alpha value is -2.17. The van der Waals surface area contributed by atoms with Gasteiger partial charge in [-0.1, -0.05) is 81.1 Å². The fourth-order valence-electron chi connectivity index (χ4n) is 3.06. The maximum Gasteiger partial charge on any atom is 0.330 e. The molecule has 24 heavy (non-hydrogen) atoms. The second-order valence-electron chi connectivity index (χ2n) is 6.74. The highest BCUT2D eigenvalue weighted by Gasteiger charge is 2.49. The number of aliphatic carboxylic acids is 1. The Morgan fingerprint density at radius 2 is 1.42 bits per heavy atom. The van der Waals surface area contributed by atoms with Crippen LogP contribution in [0.4, 0.5) is 0 Å². The van der Waals surface area contributed by atoms with E-state index in [9.17, 15) is 9.59 Å². The molecular weight excluding hydrogens is 316 g/mol. The van der Waals surface area contributed by atoms with Crippen LogP contribution in [0.2, 0.25) is 5.04 Å². The maximum atomic E-state index is 11.9. The molecule has 0 aliphatic heterocycles. The normalized spacial score (nSPS) is 12.0. The van der Waals surface area contributed by atoms with Gasteiger partial charge in [0.15, 0.2) is 0 Å². The third-order valence-corrected chi connectivity index (χ3v) is 9.26. The molecular formula is C20H24O3Si. The zero-order valence-electron chi connectivity index (χ0n) is 14.2. The Morgan fingerprint density at radius 3 is 1.79 bits per heavy atom. The molecule has 0 aliphatic rings. The lowest BCUT2D eigenvalue weighted by Crippen LogP contribution is -2.65. The highest BCUT2D eigenvalue weighted by molar-refractivity contribution is 6.98. The van der Waals surface area contributed by atoms with Gasteiger partial charge in [-0.2, -0.15) is 0 Å². The summed E-state index contributed by atoms with van der Waals surface area (Å²) in [4.78, 5) is 23.0. The predicted molar refractivity (Wildman–Crippen MR) is 100 cm³/mol. The fraction of sp³-hybridized carbons (Fsp3) is 0.250. The van der Waals surface area contributed by atoms with Crippen LogP contribution in [0.1, 0.15) is 26.7 Å². The lowest BCUT2D eigenvalue weighted by atomic mass is 10.0. The Balaban J connectivity index is 2.46. The minimum atomic E-state index is -3.06. The molecule has 0 heterocycles. The average molecular weight is 340 g/mol. The molecule has 3 nitrogen and oxygen atoms in total. The van der Waals surface area contributed by atoms with E-state index >= 15 is 0 Å². The molecule has 0 bridgehead atoms. The van der Waals surface area contributed by atoms with Crippen LogP contribution in [0.25, 0.3) is 0 Å². The molecule has 0 saturated carbocycles. The predicted octanol–water partition coefficient (Wildman–Crippen LogP) is 2.94. The summed E-state index contributed by atoms with van der Waals surface area (Å²) in [5, 5.41) is 10.5. The number of benzene rings is 2. The topological polar surface area (TPSA) is 57.5 Å². The second-order valence-corrected chi connectivity index (χ2v) is 10.7. The largest absolute Gasteiger partial charge is 0.478 e. The van der Waals surface area contributed by atoms with Gasteiger partial charge >= 0.3 is 5.97 Å². The highest BCUT2D eigenvalue weighted by atomic mass is 28.4. The first-order valence-corrected chi connectivity index (χ1v) is 9.98. The molecule has 0 radical (unpaired) electrons. The van der Waals surface area contributed by atoms with E-state index in [0.29, 0.717) is 12.8 Å². The third kappa shape index (κ3) is 3.50. The van der Waals surface area contributed by atoms with Gasteiger partial charge in [0, 0.05) is 5.57 Å². The van der Waals surface area contributed by atoms with E-state index < -0.39 is 19.3 Å². The van der Waals surface area contributed by atoms with E-state index in [-0.39, 0.29) is 5.57 Å². The standard InChI is InChI=1S/C20H24O3Si/c1-16(19(21)22)14-15-20(2,3)24(23,17-10-6-4-7-11-17)18-12-8-5-9-13-18/h4-13,23H,1,14-15H2,2-3H3,(H,21,22). The molecule has 126 valence electrons. The summed E-state index contributed by atoms with van der Waals surface area (Å²) < 4.78 is 0. The minimum absolute atomic E-state index is 0.181. The molecule has 0 amide bonds. The van der Waals surface area contributed by atoms with Crippen molar-refractivity contribution in [2.24, 2.45) is 0 Å². The quantitative estimate of drug-likeness (QED) is 0.602. The van der Waals surface area contributed by atoms with Crippen molar-refractivity contribution in [2.75, 3.05) is 0 Å². The smallest absolute Gasteiger partial charge is 0.330 e. The summed E-state index contributed by atoms with van der Waals surface area (Å²) in [6.45, 7) is 7.66. The lowest BCUT2D eigenvalue weighted by molar-refractivity contribution is -0.132. The molecule has 2 aromatic rings. The van der Waals surface area contributed by atoms with Crippen molar-refractivity contribution in [1.82, 2.24) is 0 Å². The summed E-state index contributed by atoms with van der Waals surface area (Å²) in [5.74, 6) is -0.976. The summed E-state index contributed by atoms with van der Waals surface area (Å²) in [6, 6.07) is 19.5. The number of rotatable bonds is 7. The van der Waals surface area contributed by atoms with Crippen LogP contribution in [0.3, 0.4) is 0 Å². The second kappa shape index (κ2) is 7.15. The SMILES string of the molecule is C=C(CCC(C)(C)[Si](O)(c1ccccc1)c1ccccc1)C(=O)O. The van der Waals surface area contributed by atoms with E-state index in [4.69, 9.17) is 5.11 Å². The Morgan fingerprint density at radius 1 is 1.00 bits per heavy atom. The van der Waals surface area contributed by atoms with Gasteiger partial charge in [0.25, 0.3) is 8.32 Å². The van der Waals surface area contributed by atoms with Crippen molar-refractivity contribution >= 4 is 24.7 Å². The molecule has 0 saturated heterocycles. The molecule has 2 aromatic carbocycles. The monoisotopic (exact) mass is 340 g/mol. The van der Waals surface area contributed by atoms with Gasteiger partial charge in [0.05, 0.1) is 0 Å². The van der Waals surface area contributed by atoms with Crippen LogP contribution < -0.4 is 10.4 Å². The summed E-state index contributed by atoms with van der Waals surface area (Å²) in [5.41, 5.74) is 0.181. The van der Waals surface area contributed by atoms with Crippen molar-refractivity contribution in [3.63, 3.8) is 0 Å². The van der Waals surface area contributed by atoms with Gasteiger partial charge in [0.1, 0.15) is 0 Å². The number of carbonyl (C=O) groups is 1. The van der Waals surface area contributed by atoms with E-state index in [0.717, 1.165) is 10.4 Å². The first-order valence-electron chi connectivity index (χ1n) is 8.03. The van der Waals surface area contributed by atoms with Crippen LogP contribution >= 0.6 is 0 Å². The van der Waals surface area contributed by atoms with Gasteiger partial charge in [-0.25, -0.2) is 4.79 Å². The van der Waals surface area contributed by atoms with Crippen molar-refractivity contribution in [3.05, 3.63) is 72.8 Å². The summed E-state index contributed by atoms with van der Waals surface area (Å²) in [7, 11) is -3.06. The number of carboxylic acids is 1. The molecule has 0 aliphatic carbocycles. The first-order chi connectivity index (χ1) is 11.3. The van der Waals surface area contributed by atoms with Crippen LogP contribution in [0.5, 0.6) is 0 Å². The minimum Gasteiger partial charge on any atom is -0.478 e. The number of carboxylic acid groups (broad SMARTS) is 1. The summed E-state index contributed by atoms with van der Waals surface area (Å²) >= 11 is 0. The molecule has 0 atom stereocenters. The Bertz CT molecular complexity index is 669. The van der Waals surface area contributed by atoms with Gasteiger partial charge in [0.2, 0.25) is 0 Å². The maximum absolute atomic E-state index is 11.9. The van der Waals surface area contributed by atoms with Crippen LogP contribution in [-0.2, 0) is 4.79 Å². The van der Waals surface area contributed by atoms with E-state index in [1.165, 1.54) is 0 Å². The van der Waals surface area contributed by atoms with E-state index in [1.807, 2.05) is 74.5 Å². The zero-order valence-corrected chi connectivity index (χ0v) is 15.2. The first kappa shape index (κ1) is 18.2. The Kier molecular flexibility index (Phi) is 5.42. The molecule has 0 spiro atoms. The highest BCUT2D eigenvalue weighted by Crippen LogP contribution is 2.40. The van der Waals surface area contributed by atoms with Crippen LogP contribution in [-0.4, -0.2) is 24.2 Å². The van der Waals surface area contributed by atoms with Gasteiger partial charge in [-0.3, -0.25) is 0 Å². The van der Waals surface area contributed by atoms with Gasteiger partial charge in [-0.15, -0.1) is 0 Å². The fourth-order valence-corrected chi connectivity index (χ4v) is 6.79. The van der Waals surface area contributed by atoms with Crippen molar-refractivity contribution < 1.29 is 14.7 Å². The van der Waals surface area contributed by atoms with E-state index in [2.05, 4.69) is 6.58 Å².